The van der Waals surface area contributed by atoms with E-state index in [1.54, 1.807) is 0 Å². The van der Waals surface area contributed by atoms with Crippen LogP contribution in [0, 0.1) is 5.92 Å². The number of β-amino-alcohol motifs (C(OH)–C–C–N with tert-alkyl or cyclic N) is 1. The molecule has 28 heavy (non-hydrogen) atoms. The summed E-state index contributed by atoms with van der Waals surface area (Å²) in [7, 11) is 0. The molecule has 1 aliphatic rings. The third-order valence-corrected chi connectivity index (χ3v) is 5.16. The quantitative estimate of drug-likeness (QED) is 0.700. The second kappa shape index (κ2) is 11.0. The fraction of sp³-hybridized carbons (Fsp3) is 0.435. The van der Waals surface area contributed by atoms with Crippen molar-refractivity contribution in [2.24, 2.45) is 5.92 Å². The minimum Gasteiger partial charge on any atom is -0.389 e. The maximum atomic E-state index is 12.4. The summed E-state index contributed by atoms with van der Waals surface area (Å²) in [5, 5.41) is 13.3. The molecule has 0 unspecified atom stereocenters. The first-order chi connectivity index (χ1) is 13.7. The van der Waals surface area contributed by atoms with Crippen molar-refractivity contribution in [3.8, 4) is 0 Å². The van der Waals surface area contributed by atoms with Crippen LogP contribution in [0.25, 0.3) is 0 Å². The van der Waals surface area contributed by atoms with E-state index in [4.69, 9.17) is 4.74 Å². The van der Waals surface area contributed by atoms with Crippen molar-refractivity contribution in [3.05, 3.63) is 71.8 Å². The van der Waals surface area contributed by atoms with Crippen LogP contribution >= 0.6 is 0 Å². The number of hydrogen-bond donors (Lipinski definition) is 2. The summed E-state index contributed by atoms with van der Waals surface area (Å²) in [6.07, 6.45) is 1.16. The minimum atomic E-state index is -0.507. The summed E-state index contributed by atoms with van der Waals surface area (Å²) < 4.78 is 5.62. The lowest BCUT2D eigenvalue weighted by molar-refractivity contribution is -0.126. The number of nitrogens with one attached hydrogen (secondary N) is 1. The first-order valence-electron chi connectivity index (χ1n) is 10.0. The highest BCUT2D eigenvalue weighted by Crippen LogP contribution is 2.18. The normalized spacial score (nSPS) is 16.6. The number of aliphatic hydroxyl groups excluding tert-OH is 1. The smallest absolute Gasteiger partial charge is 0.223 e. The number of hydrogen-bond acceptors (Lipinski definition) is 4. The number of ether oxygens (including phenoxy) is 1. The number of nitrogens with zero attached hydrogens (tertiary/aromatic N) is 1. The zero-order valence-corrected chi connectivity index (χ0v) is 16.3. The lowest BCUT2D eigenvalue weighted by atomic mass is 9.95. The van der Waals surface area contributed by atoms with Gasteiger partial charge in [-0.15, -0.1) is 0 Å². The van der Waals surface area contributed by atoms with E-state index in [2.05, 4.69) is 10.2 Å². The molecule has 1 amide bonds. The molecule has 0 radical (unpaired) electrons. The highest BCUT2D eigenvalue weighted by Gasteiger charge is 2.25. The molecule has 5 heteroatoms. The van der Waals surface area contributed by atoms with Crippen LogP contribution in [0.15, 0.2) is 60.7 Å². The van der Waals surface area contributed by atoms with Crippen molar-refractivity contribution in [1.82, 2.24) is 10.2 Å². The van der Waals surface area contributed by atoms with Gasteiger partial charge >= 0.3 is 0 Å². The second-order valence-electron chi connectivity index (χ2n) is 7.43. The molecule has 2 aromatic rings. The standard InChI is InChI=1S/C23H30N2O3/c26-22(18-28-17-20-9-5-2-6-10-20)16-25-13-11-21(12-14-25)23(27)24-15-19-7-3-1-4-8-19/h1-10,21-22,26H,11-18H2,(H,24,27)/t22-/m0/s1. The molecule has 0 aliphatic carbocycles. The van der Waals surface area contributed by atoms with Crippen molar-refractivity contribution in [3.63, 3.8) is 0 Å². The Morgan fingerprint density at radius 1 is 1.04 bits per heavy atom. The van der Waals surface area contributed by atoms with Crippen molar-refractivity contribution < 1.29 is 14.6 Å². The molecule has 1 atom stereocenters. The molecule has 2 aromatic carbocycles. The molecule has 0 spiro atoms. The Morgan fingerprint density at radius 2 is 1.64 bits per heavy atom. The maximum Gasteiger partial charge on any atom is 0.223 e. The molecule has 1 aliphatic heterocycles. The Labute approximate surface area is 167 Å². The molecular formula is C23H30N2O3. The summed E-state index contributed by atoms with van der Waals surface area (Å²) in [4.78, 5) is 14.6. The lowest BCUT2D eigenvalue weighted by Gasteiger charge is -2.32. The molecule has 0 bridgehead atoms. The molecule has 0 aromatic heterocycles. The van der Waals surface area contributed by atoms with Crippen LogP contribution in [0.5, 0.6) is 0 Å². The minimum absolute atomic E-state index is 0.0615. The highest BCUT2D eigenvalue weighted by molar-refractivity contribution is 5.78. The molecule has 1 fully saturated rings. The van der Waals surface area contributed by atoms with Crippen molar-refractivity contribution in [2.45, 2.75) is 32.1 Å². The van der Waals surface area contributed by atoms with E-state index in [1.807, 2.05) is 60.7 Å². The third-order valence-electron chi connectivity index (χ3n) is 5.16. The molecule has 0 saturated carbocycles. The molecule has 3 rings (SSSR count). The van der Waals surface area contributed by atoms with Crippen molar-refractivity contribution in [1.29, 1.82) is 0 Å². The average Bonchev–Trinajstić information content (AvgIpc) is 2.74. The predicted molar refractivity (Wildman–Crippen MR) is 110 cm³/mol. The molecule has 1 saturated heterocycles. The van der Waals surface area contributed by atoms with Gasteiger partial charge in [0.25, 0.3) is 0 Å². The van der Waals surface area contributed by atoms with Crippen LogP contribution in [0.4, 0.5) is 0 Å². The number of piperidine rings is 1. The van der Waals surface area contributed by atoms with Gasteiger partial charge in [-0.1, -0.05) is 60.7 Å². The van der Waals surface area contributed by atoms with Gasteiger partial charge < -0.3 is 20.1 Å². The first-order valence-corrected chi connectivity index (χ1v) is 10.0. The van der Waals surface area contributed by atoms with Crippen LogP contribution in [0.1, 0.15) is 24.0 Å². The van der Waals surface area contributed by atoms with Gasteiger partial charge in [0, 0.05) is 19.0 Å². The number of benzene rings is 2. The van der Waals surface area contributed by atoms with Crippen molar-refractivity contribution >= 4 is 5.91 Å². The lowest BCUT2D eigenvalue weighted by Crippen LogP contribution is -2.43. The maximum absolute atomic E-state index is 12.4. The van der Waals surface area contributed by atoms with Crippen molar-refractivity contribution in [2.75, 3.05) is 26.2 Å². The Bertz CT molecular complexity index is 700. The Hall–Kier alpha value is -2.21. The van der Waals surface area contributed by atoms with Crippen LogP contribution < -0.4 is 5.32 Å². The number of rotatable bonds is 9. The second-order valence-corrected chi connectivity index (χ2v) is 7.43. The van der Waals surface area contributed by atoms with E-state index in [0.29, 0.717) is 26.3 Å². The summed E-state index contributed by atoms with van der Waals surface area (Å²) in [6, 6.07) is 19.9. The number of carbonyl (C=O) groups excluding carboxylic acids is 1. The van der Waals surface area contributed by atoms with Gasteiger partial charge in [-0.3, -0.25) is 4.79 Å². The topological polar surface area (TPSA) is 61.8 Å². The summed E-state index contributed by atoms with van der Waals surface area (Å²) >= 11 is 0. The monoisotopic (exact) mass is 382 g/mol. The summed E-state index contributed by atoms with van der Waals surface area (Å²) in [6.45, 7) is 3.68. The van der Waals surface area contributed by atoms with Crippen LogP contribution in [0.3, 0.4) is 0 Å². The van der Waals surface area contributed by atoms with Gasteiger partial charge in [0.05, 0.1) is 19.3 Å². The van der Waals surface area contributed by atoms with Gasteiger partial charge in [0.15, 0.2) is 0 Å². The van der Waals surface area contributed by atoms with Gasteiger partial charge in [0.1, 0.15) is 0 Å². The highest BCUT2D eigenvalue weighted by atomic mass is 16.5. The SMILES string of the molecule is O=C(NCc1ccccc1)C1CCN(C[C@H](O)COCc2ccccc2)CC1. The van der Waals surface area contributed by atoms with Gasteiger partial charge in [-0.05, 0) is 37.1 Å². The predicted octanol–water partition coefficient (Wildman–Crippen LogP) is 2.59. The Kier molecular flexibility index (Phi) is 8.03. The van der Waals surface area contributed by atoms with Crippen LogP contribution in [0.2, 0.25) is 0 Å². The summed E-state index contributed by atoms with van der Waals surface area (Å²) in [5.74, 6) is 0.196. The number of amides is 1. The third kappa shape index (κ3) is 6.75. The number of carbonyl (C=O) groups is 1. The van der Waals surface area contributed by atoms with E-state index >= 15 is 0 Å². The van der Waals surface area contributed by atoms with Gasteiger partial charge in [-0.25, -0.2) is 0 Å². The van der Waals surface area contributed by atoms with E-state index in [9.17, 15) is 9.90 Å². The van der Waals surface area contributed by atoms with E-state index in [-0.39, 0.29) is 11.8 Å². The summed E-state index contributed by atoms with van der Waals surface area (Å²) in [5.41, 5.74) is 2.23. The molecule has 150 valence electrons. The molecular weight excluding hydrogens is 352 g/mol. The fourth-order valence-corrected chi connectivity index (χ4v) is 3.54. The average molecular weight is 383 g/mol. The van der Waals surface area contributed by atoms with Crippen LogP contribution in [-0.2, 0) is 22.7 Å². The Balaban J connectivity index is 1.30. The largest absolute Gasteiger partial charge is 0.389 e. The Morgan fingerprint density at radius 3 is 2.29 bits per heavy atom. The fourth-order valence-electron chi connectivity index (χ4n) is 3.54. The zero-order valence-electron chi connectivity index (χ0n) is 16.3. The first kappa shape index (κ1) is 20.5. The zero-order chi connectivity index (χ0) is 19.6. The van der Waals surface area contributed by atoms with Gasteiger partial charge in [0.2, 0.25) is 5.91 Å². The molecule has 2 N–H and O–H groups in total. The van der Waals surface area contributed by atoms with E-state index < -0.39 is 6.10 Å². The molecule has 1 heterocycles. The van der Waals surface area contributed by atoms with E-state index in [1.165, 1.54) is 0 Å². The van der Waals surface area contributed by atoms with E-state index in [0.717, 1.165) is 37.1 Å². The molecule has 5 nitrogen and oxygen atoms in total. The van der Waals surface area contributed by atoms with Gasteiger partial charge in [-0.2, -0.15) is 0 Å². The number of aliphatic hydroxyl groups is 1. The number of likely N-dealkylation sites (tertiary alicyclic amines) is 1. The van der Waals surface area contributed by atoms with Crippen LogP contribution in [-0.4, -0.2) is 48.3 Å².